The van der Waals surface area contributed by atoms with Crippen LogP contribution in [0.3, 0.4) is 0 Å². The molecule has 2 aliphatic rings. The highest BCUT2D eigenvalue weighted by molar-refractivity contribution is 6.09. The first-order chi connectivity index (χ1) is 5.67. The molecule has 0 atom stereocenters. The van der Waals surface area contributed by atoms with Gasteiger partial charge in [-0.05, 0) is 29.9 Å². The fraction of sp³-hybridized carbons (Fsp3) is 0.545. The summed E-state index contributed by atoms with van der Waals surface area (Å²) in [5, 5.41) is 0. The lowest BCUT2D eigenvalue weighted by molar-refractivity contribution is 0.489. The van der Waals surface area contributed by atoms with E-state index in [2.05, 4.69) is 37.1 Å². The van der Waals surface area contributed by atoms with Crippen molar-refractivity contribution in [1.82, 2.24) is 0 Å². The van der Waals surface area contributed by atoms with Gasteiger partial charge in [0, 0.05) is 6.54 Å². The van der Waals surface area contributed by atoms with Crippen LogP contribution in [0.4, 0.5) is 0 Å². The maximum Gasteiger partial charge on any atom is 0.0600 e. The molecule has 0 bridgehead atoms. The molecule has 0 unspecified atom stereocenters. The van der Waals surface area contributed by atoms with E-state index in [1.54, 1.807) is 0 Å². The quantitative estimate of drug-likeness (QED) is 0.518. The average molecular weight is 161 g/mol. The van der Waals surface area contributed by atoms with Gasteiger partial charge in [-0.15, -0.1) is 0 Å². The Bertz CT molecular complexity index is 279. The second-order valence-electron chi connectivity index (χ2n) is 4.27. The first-order valence-corrected chi connectivity index (χ1v) is 4.60. The first kappa shape index (κ1) is 7.78. The molecule has 12 heavy (non-hydrogen) atoms. The van der Waals surface area contributed by atoms with E-state index in [1.165, 1.54) is 11.3 Å². The van der Waals surface area contributed by atoms with Gasteiger partial charge < -0.3 is 0 Å². The number of hydrogen-bond acceptors (Lipinski definition) is 1. The standard InChI is InChI=1S/C11H15N/c1-11(2)6-3-9-5-8-12-10(9)4-7-11/h3-4,7H,5-6,8H2,1-2H3. The summed E-state index contributed by atoms with van der Waals surface area (Å²) in [6.45, 7) is 5.52. The molecular formula is C11H15N. The van der Waals surface area contributed by atoms with E-state index in [0.717, 1.165) is 19.4 Å². The molecule has 0 saturated carbocycles. The van der Waals surface area contributed by atoms with Crippen LogP contribution in [0.25, 0.3) is 0 Å². The molecule has 0 aromatic carbocycles. The highest BCUT2D eigenvalue weighted by atomic mass is 14.8. The Morgan fingerprint density at radius 2 is 2.25 bits per heavy atom. The van der Waals surface area contributed by atoms with Gasteiger partial charge >= 0.3 is 0 Å². The van der Waals surface area contributed by atoms with Crippen LogP contribution in [0.15, 0.2) is 28.8 Å². The molecule has 1 heterocycles. The molecule has 1 aliphatic heterocycles. The van der Waals surface area contributed by atoms with Gasteiger partial charge in [0.1, 0.15) is 0 Å². The summed E-state index contributed by atoms with van der Waals surface area (Å²) < 4.78 is 0. The van der Waals surface area contributed by atoms with Crippen LogP contribution in [0.2, 0.25) is 0 Å². The molecule has 0 saturated heterocycles. The number of rotatable bonds is 0. The molecule has 0 aromatic heterocycles. The molecule has 0 N–H and O–H groups in total. The number of nitrogens with zero attached hydrogens (tertiary/aromatic N) is 1. The summed E-state index contributed by atoms with van der Waals surface area (Å²) in [6.07, 6.45) is 9.12. The summed E-state index contributed by atoms with van der Waals surface area (Å²) in [5.41, 5.74) is 3.00. The van der Waals surface area contributed by atoms with Gasteiger partial charge in [0.05, 0.1) is 5.71 Å². The van der Waals surface area contributed by atoms with Gasteiger partial charge in [0.25, 0.3) is 0 Å². The fourth-order valence-corrected chi connectivity index (χ4v) is 1.65. The predicted octanol–water partition coefficient (Wildman–Crippen LogP) is 2.74. The minimum Gasteiger partial charge on any atom is -0.285 e. The zero-order valence-electron chi connectivity index (χ0n) is 7.80. The lowest BCUT2D eigenvalue weighted by Gasteiger charge is -2.15. The van der Waals surface area contributed by atoms with Gasteiger partial charge in [-0.1, -0.05) is 26.0 Å². The van der Waals surface area contributed by atoms with Crippen LogP contribution in [0, 0.1) is 5.41 Å². The zero-order valence-corrected chi connectivity index (χ0v) is 7.80. The molecule has 0 spiro atoms. The Kier molecular flexibility index (Phi) is 1.67. The molecule has 0 aromatic rings. The zero-order chi connectivity index (χ0) is 8.60. The van der Waals surface area contributed by atoms with Crippen molar-refractivity contribution in [3.63, 3.8) is 0 Å². The van der Waals surface area contributed by atoms with Crippen LogP contribution in [0.1, 0.15) is 26.7 Å². The minimum absolute atomic E-state index is 0.319. The van der Waals surface area contributed by atoms with Gasteiger partial charge in [-0.25, -0.2) is 0 Å². The Morgan fingerprint density at radius 1 is 1.42 bits per heavy atom. The van der Waals surface area contributed by atoms with Crippen molar-refractivity contribution < 1.29 is 0 Å². The molecule has 1 aliphatic carbocycles. The third-order valence-corrected chi connectivity index (χ3v) is 2.56. The largest absolute Gasteiger partial charge is 0.285 e. The third-order valence-electron chi connectivity index (χ3n) is 2.56. The Hall–Kier alpha value is -0.850. The van der Waals surface area contributed by atoms with Crippen LogP contribution in [-0.4, -0.2) is 12.3 Å². The normalized spacial score (nSPS) is 25.8. The topological polar surface area (TPSA) is 12.4 Å². The van der Waals surface area contributed by atoms with E-state index in [0.29, 0.717) is 5.41 Å². The number of allylic oxidation sites excluding steroid dienone is 3. The lowest BCUT2D eigenvalue weighted by Crippen LogP contribution is -2.04. The second-order valence-corrected chi connectivity index (χ2v) is 4.27. The summed E-state index contributed by atoms with van der Waals surface area (Å²) in [5.74, 6) is 0. The third kappa shape index (κ3) is 1.36. The van der Waals surface area contributed by atoms with Gasteiger partial charge in [-0.3, -0.25) is 4.99 Å². The number of aliphatic imine (C=N–C) groups is 1. The summed E-state index contributed by atoms with van der Waals surface area (Å²) in [4.78, 5) is 4.44. The van der Waals surface area contributed by atoms with Crippen LogP contribution in [-0.2, 0) is 0 Å². The number of fused-ring (bicyclic) bond motifs is 1. The molecule has 2 rings (SSSR count). The van der Waals surface area contributed by atoms with E-state index in [-0.39, 0.29) is 0 Å². The Morgan fingerprint density at radius 3 is 3.08 bits per heavy atom. The van der Waals surface area contributed by atoms with Gasteiger partial charge in [0.15, 0.2) is 0 Å². The van der Waals surface area contributed by atoms with Crippen molar-refractivity contribution in [2.75, 3.05) is 6.54 Å². The van der Waals surface area contributed by atoms with Crippen molar-refractivity contribution in [2.45, 2.75) is 26.7 Å². The smallest absolute Gasteiger partial charge is 0.0600 e. The predicted molar refractivity (Wildman–Crippen MR) is 52.5 cm³/mol. The van der Waals surface area contributed by atoms with Gasteiger partial charge in [-0.2, -0.15) is 0 Å². The number of hydrogen-bond donors (Lipinski definition) is 0. The maximum atomic E-state index is 4.44. The highest BCUT2D eigenvalue weighted by Gasteiger charge is 2.19. The highest BCUT2D eigenvalue weighted by Crippen LogP contribution is 2.29. The first-order valence-electron chi connectivity index (χ1n) is 4.60. The lowest BCUT2D eigenvalue weighted by atomic mass is 9.89. The van der Waals surface area contributed by atoms with E-state index < -0.39 is 0 Å². The summed E-state index contributed by atoms with van der Waals surface area (Å²) in [6, 6.07) is 0. The molecule has 64 valence electrons. The van der Waals surface area contributed by atoms with E-state index >= 15 is 0 Å². The monoisotopic (exact) mass is 161 g/mol. The fourth-order valence-electron chi connectivity index (χ4n) is 1.65. The van der Waals surface area contributed by atoms with E-state index in [4.69, 9.17) is 0 Å². The van der Waals surface area contributed by atoms with Crippen LogP contribution in [0.5, 0.6) is 0 Å². The molecule has 0 fully saturated rings. The minimum atomic E-state index is 0.319. The van der Waals surface area contributed by atoms with E-state index in [9.17, 15) is 0 Å². The summed E-state index contributed by atoms with van der Waals surface area (Å²) >= 11 is 0. The Balaban J connectivity index is 2.34. The van der Waals surface area contributed by atoms with Crippen LogP contribution < -0.4 is 0 Å². The van der Waals surface area contributed by atoms with Crippen molar-refractivity contribution in [3.05, 3.63) is 23.8 Å². The second kappa shape index (κ2) is 2.58. The summed E-state index contributed by atoms with van der Waals surface area (Å²) in [7, 11) is 0. The molecule has 1 heteroatoms. The Labute approximate surface area is 73.9 Å². The van der Waals surface area contributed by atoms with Crippen LogP contribution >= 0.6 is 0 Å². The average Bonchev–Trinajstić information content (AvgIpc) is 2.40. The molecule has 0 amide bonds. The molecular weight excluding hydrogens is 146 g/mol. The van der Waals surface area contributed by atoms with Gasteiger partial charge in [0.2, 0.25) is 0 Å². The molecule has 0 radical (unpaired) electrons. The van der Waals surface area contributed by atoms with Crippen molar-refractivity contribution >= 4 is 5.71 Å². The van der Waals surface area contributed by atoms with Crippen molar-refractivity contribution in [1.29, 1.82) is 0 Å². The maximum absolute atomic E-state index is 4.44. The SMILES string of the molecule is CC1(C)C=CC2=NCCC2=CC1. The van der Waals surface area contributed by atoms with Crippen molar-refractivity contribution in [3.8, 4) is 0 Å². The van der Waals surface area contributed by atoms with Crippen molar-refractivity contribution in [2.24, 2.45) is 10.4 Å². The molecule has 1 nitrogen and oxygen atoms in total. The van der Waals surface area contributed by atoms with E-state index in [1.807, 2.05) is 0 Å².